The van der Waals surface area contributed by atoms with Gasteiger partial charge in [-0.1, -0.05) is 30.3 Å². The summed E-state index contributed by atoms with van der Waals surface area (Å²) in [6.45, 7) is 10.2. The predicted octanol–water partition coefficient (Wildman–Crippen LogP) is 2.43. The topological polar surface area (TPSA) is 115 Å². The maximum absolute atomic E-state index is 13.8. The number of nitrogens with zero attached hydrogens (tertiary/aromatic N) is 1. The minimum atomic E-state index is -1.05. The molecule has 3 aliphatic heterocycles. The van der Waals surface area contributed by atoms with Crippen molar-refractivity contribution in [3.05, 3.63) is 35.9 Å². The first-order chi connectivity index (χ1) is 19.6. The molecule has 3 saturated heterocycles. The number of hydrogen-bond acceptors (Lipinski definition) is 7. The lowest BCUT2D eigenvalue weighted by molar-refractivity contribution is -0.142. The van der Waals surface area contributed by atoms with Crippen molar-refractivity contribution in [1.82, 2.24) is 15.5 Å². The Hall–Kier alpha value is -2.47. The minimum Gasteiger partial charge on any atom is -0.402 e. The number of carbonyl (C=O) groups is 3. The van der Waals surface area contributed by atoms with Crippen LogP contribution in [0.3, 0.4) is 0 Å². The molecule has 3 atom stereocenters. The van der Waals surface area contributed by atoms with E-state index in [4.69, 9.17) is 18.8 Å². The van der Waals surface area contributed by atoms with Gasteiger partial charge in [-0.3, -0.25) is 14.4 Å². The van der Waals surface area contributed by atoms with Crippen LogP contribution in [0, 0.1) is 0 Å². The highest BCUT2D eigenvalue weighted by Crippen LogP contribution is 2.38. The van der Waals surface area contributed by atoms with Crippen molar-refractivity contribution in [2.75, 3.05) is 32.9 Å². The Morgan fingerprint density at radius 2 is 1.66 bits per heavy atom. The smallest absolute Gasteiger partial charge is 0.402 e. The van der Waals surface area contributed by atoms with E-state index >= 15 is 0 Å². The average Bonchev–Trinajstić information content (AvgIpc) is 3.19. The molecule has 3 amide bonds. The van der Waals surface area contributed by atoms with E-state index in [1.807, 2.05) is 45.9 Å². The summed E-state index contributed by atoms with van der Waals surface area (Å²) < 4.78 is 23.7. The molecular formula is C30H46BN3O7. The van der Waals surface area contributed by atoms with Gasteiger partial charge < -0.3 is 34.3 Å². The van der Waals surface area contributed by atoms with E-state index in [-0.39, 0.29) is 18.2 Å². The molecule has 0 spiro atoms. The number of hydrogen-bond donors (Lipinski definition) is 2. The van der Waals surface area contributed by atoms with Gasteiger partial charge in [-0.15, -0.1) is 0 Å². The van der Waals surface area contributed by atoms with E-state index in [0.29, 0.717) is 45.8 Å². The van der Waals surface area contributed by atoms with Crippen LogP contribution in [0.2, 0.25) is 0 Å². The molecule has 3 heterocycles. The van der Waals surface area contributed by atoms with Gasteiger partial charge in [-0.05, 0) is 71.8 Å². The van der Waals surface area contributed by atoms with Crippen molar-refractivity contribution in [2.24, 2.45) is 0 Å². The Morgan fingerprint density at radius 1 is 0.976 bits per heavy atom. The third kappa shape index (κ3) is 8.53. The average molecular weight is 572 g/mol. The lowest BCUT2D eigenvalue weighted by Crippen LogP contribution is -2.57. The maximum atomic E-state index is 13.8. The summed E-state index contributed by atoms with van der Waals surface area (Å²) in [5.74, 6) is -1.48. The summed E-state index contributed by atoms with van der Waals surface area (Å²) in [5, 5.41) is 5.93. The van der Waals surface area contributed by atoms with Crippen LogP contribution in [0.1, 0.15) is 71.8 Å². The molecule has 226 valence electrons. The number of morpholine rings is 1. The molecule has 11 heteroatoms. The molecule has 41 heavy (non-hydrogen) atoms. The van der Waals surface area contributed by atoms with Gasteiger partial charge in [-0.2, -0.15) is 0 Å². The molecule has 1 unspecified atom stereocenters. The predicted molar refractivity (Wildman–Crippen MR) is 155 cm³/mol. The maximum Gasteiger partial charge on any atom is 0.481 e. The molecule has 0 aromatic heterocycles. The lowest BCUT2D eigenvalue weighted by Gasteiger charge is -2.32. The van der Waals surface area contributed by atoms with Crippen molar-refractivity contribution in [2.45, 2.75) is 102 Å². The van der Waals surface area contributed by atoms with Crippen LogP contribution in [0.15, 0.2) is 30.3 Å². The van der Waals surface area contributed by atoms with Gasteiger partial charge in [0.05, 0.1) is 36.8 Å². The van der Waals surface area contributed by atoms with Gasteiger partial charge in [-0.25, -0.2) is 0 Å². The SMILES string of the molecule is CC1(C)OB([C@H](CCCc2ccccc2)NC(=O)[C@@H](CC(=O)N2CCOCC2)NC(=O)C2CCCCO2)OC1(C)C. The van der Waals surface area contributed by atoms with Crippen LogP contribution in [0.4, 0.5) is 0 Å². The van der Waals surface area contributed by atoms with Gasteiger partial charge in [0.15, 0.2) is 0 Å². The molecule has 3 aliphatic rings. The van der Waals surface area contributed by atoms with Crippen LogP contribution >= 0.6 is 0 Å². The molecule has 2 N–H and O–H groups in total. The second-order valence-electron chi connectivity index (χ2n) is 12.2. The van der Waals surface area contributed by atoms with Crippen molar-refractivity contribution in [3.8, 4) is 0 Å². The number of benzene rings is 1. The molecule has 1 aromatic rings. The highest BCUT2D eigenvalue weighted by Gasteiger charge is 2.54. The Kier molecular flexibility index (Phi) is 10.8. The fraction of sp³-hybridized carbons (Fsp3) is 0.700. The first-order valence-corrected chi connectivity index (χ1v) is 15.0. The zero-order valence-electron chi connectivity index (χ0n) is 25.0. The van der Waals surface area contributed by atoms with E-state index in [1.165, 1.54) is 5.56 Å². The van der Waals surface area contributed by atoms with Crippen LogP contribution in [0.25, 0.3) is 0 Å². The van der Waals surface area contributed by atoms with Crippen molar-refractivity contribution in [1.29, 1.82) is 0 Å². The van der Waals surface area contributed by atoms with Crippen LogP contribution < -0.4 is 10.6 Å². The first-order valence-electron chi connectivity index (χ1n) is 15.0. The van der Waals surface area contributed by atoms with E-state index in [9.17, 15) is 14.4 Å². The summed E-state index contributed by atoms with van der Waals surface area (Å²) in [6.07, 6.45) is 3.83. The minimum absolute atomic E-state index is 0.148. The molecule has 0 radical (unpaired) electrons. The highest BCUT2D eigenvalue weighted by molar-refractivity contribution is 6.48. The standard InChI is InChI=1S/C30H46BN3O7/c1-29(2)30(3,4)41-31(40-29)25(15-10-13-22-11-6-5-7-12-22)33-27(36)23(21-26(35)34-16-19-38-20-17-34)32-28(37)24-14-8-9-18-39-24/h5-7,11-12,23-25H,8-10,13-21H2,1-4H3,(H,32,37)(H,33,36)/t23-,24?,25+/m1/s1. The second-order valence-corrected chi connectivity index (χ2v) is 12.2. The number of carbonyl (C=O) groups excluding carboxylic acids is 3. The fourth-order valence-electron chi connectivity index (χ4n) is 5.32. The summed E-state index contributed by atoms with van der Waals surface area (Å²) in [7, 11) is -0.673. The van der Waals surface area contributed by atoms with E-state index in [2.05, 4.69) is 22.8 Å². The van der Waals surface area contributed by atoms with E-state index in [1.54, 1.807) is 4.90 Å². The van der Waals surface area contributed by atoms with Gasteiger partial charge in [0.25, 0.3) is 0 Å². The highest BCUT2D eigenvalue weighted by atomic mass is 16.7. The molecule has 0 aliphatic carbocycles. The third-order valence-corrected chi connectivity index (χ3v) is 8.60. The largest absolute Gasteiger partial charge is 0.481 e. The van der Waals surface area contributed by atoms with Crippen LogP contribution in [0.5, 0.6) is 0 Å². The number of amides is 3. The normalized spacial score (nSPS) is 23.5. The second kappa shape index (κ2) is 14.1. The van der Waals surface area contributed by atoms with Crippen molar-refractivity contribution < 1.29 is 33.2 Å². The van der Waals surface area contributed by atoms with E-state index in [0.717, 1.165) is 25.7 Å². The molecule has 10 nitrogen and oxygen atoms in total. The lowest BCUT2D eigenvalue weighted by atomic mass is 9.75. The monoisotopic (exact) mass is 571 g/mol. The Morgan fingerprint density at radius 3 is 2.29 bits per heavy atom. The van der Waals surface area contributed by atoms with Gasteiger partial charge in [0.1, 0.15) is 12.1 Å². The Labute approximate surface area is 244 Å². The zero-order valence-corrected chi connectivity index (χ0v) is 25.0. The van der Waals surface area contributed by atoms with Crippen LogP contribution in [-0.2, 0) is 39.6 Å². The first kappa shape index (κ1) is 31.5. The molecule has 3 fully saturated rings. The molecular weight excluding hydrogens is 525 g/mol. The van der Waals surface area contributed by atoms with Gasteiger partial charge >= 0.3 is 7.12 Å². The van der Waals surface area contributed by atoms with Crippen molar-refractivity contribution in [3.63, 3.8) is 0 Å². The quantitative estimate of drug-likeness (QED) is 0.392. The summed E-state index contributed by atoms with van der Waals surface area (Å²) in [4.78, 5) is 41.8. The van der Waals surface area contributed by atoms with E-state index < -0.39 is 42.3 Å². The summed E-state index contributed by atoms with van der Waals surface area (Å²) >= 11 is 0. The molecule has 1 aromatic carbocycles. The summed E-state index contributed by atoms with van der Waals surface area (Å²) in [6, 6.07) is 9.12. The van der Waals surface area contributed by atoms with Gasteiger partial charge in [0, 0.05) is 19.7 Å². The van der Waals surface area contributed by atoms with Gasteiger partial charge in [0.2, 0.25) is 17.7 Å². The zero-order chi connectivity index (χ0) is 29.5. The Bertz CT molecular complexity index is 978. The third-order valence-electron chi connectivity index (χ3n) is 8.60. The molecule has 0 bridgehead atoms. The van der Waals surface area contributed by atoms with Crippen molar-refractivity contribution >= 4 is 24.8 Å². The number of ether oxygens (including phenoxy) is 2. The molecule has 0 saturated carbocycles. The number of rotatable bonds is 11. The molecule has 4 rings (SSSR count). The van der Waals surface area contributed by atoms with Crippen LogP contribution in [-0.4, -0.2) is 91.9 Å². The number of aryl methyl sites for hydroxylation is 1. The number of nitrogens with one attached hydrogen (secondary N) is 2. The summed E-state index contributed by atoms with van der Waals surface area (Å²) in [5.41, 5.74) is 0.0663. The fourth-order valence-corrected chi connectivity index (χ4v) is 5.32. The Balaban J connectivity index is 1.48.